The van der Waals surface area contributed by atoms with Crippen LogP contribution in [0.25, 0.3) is 0 Å². The van der Waals surface area contributed by atoms with E-state index in [4.69, 9.17) is 4.74 Å². The van der Waals surface area contributed by atoms with Crippen LogP contribution in [0.4, 0.5) is 0 Å². The van der Waals surface area contributed by atoms with E-state index in [0.29, 0.717) is 5.56 Å². The van der Waals surface area contributed by atoms with Gasteiger partial charge in [0.1, 0.15) is 11.4 Å². The Morgan fingerprint density at radius 3 is 2.74 bits per heavy atom. The summed E-state index contributed by atoms with van der Waals surface area (Å²) in [7, 11) is 0. The molecule has 0 unspecified atom stereocenters. The van der Waals surface area contributed by atoms with Gasteiger partial charge < -0.3 is 4.74 Å². The Kier molecular flexibility index (Phi) is 4.22. The van der Waals surface area contributed by atoms with Gasteiger partial charge in [-0.3, -0.25) is 4.79 Å². The topological polar surface area (TPSA) is 50.7 Å². The van der Waals surface area contributed by atoms with Crippen LogP contribution in [-0.4, -0.2) is 17.7 Å². The number of benzene rings is 2. The quantitative estimate of drug-likeness (QED) is 0.655. The third-order valence-corrected chi connectivity index (χ3v) is 4.10. The highest BCUT2D eigenvalue weighted by Crippen LogP contribution is 2.34. The highest BCUT2D eigenvalue weighted by molar-refractivity contribution is 9.10. The molecule has 3 rings (SSSR count). The van der Waals surface area contributed by atoms with Crippen LogP contribution >= 0.6 is 15.9 Å². The Morgan fingerprint density at radius 2 is 2.00 bits per heavy atom. The smallest absolute Gasteiger partial charge is 0.271 e. The lowest BCUT2D eigenvalue weighted by molar-refractivity contribution is 0.0955. The molecule has 0 spiro atoms. The first-order valence-electron chi connectivity index (χ1n) is 7.34. The molecule has 0 aromatic heterocycles. The molecule has 0 fully saturated rings. The molecule has 1 heterocycles. The fraction of sp³-hybridized carbons (Fsp3) is 0.222. The number of carbonyl (C=O) groups excluding carboxylic acids is 1. The molecule has 118 valence electrons. The molecule has 4 nitrogen and oxygen atoms in total. The first kappa shape index (κ1) is 15.7. The fourth-order valence-electron chi connectivity index (χ4n) is 2.54. The SMILES string of the molecule is CC1(C)Cc2cc(/C=N/NC(=O)c3ccc(Br)cc3)ccc2O1. The fourth-order valence-corrected chi connectivity index (χ4v) is 2.81. The summed E-state index contributed by atoms with van der Waals surface area (Å²) in [5.74, 6) is 0.686. The van der Waals surface area contributed by atoms with E-state index >= 15 is 0 Å². The molecule has 1 amide bonds. The number of amides is 1. The van der Waals surface area contributed by atoms with E-state index < -0.39 is 0 Å². The molecule has 2 aromatic carbocycles. The Labute approximate surface area is 143 Å². The van der Waals surface area contributed by atoms with Crippen molar-refractivity contribution in [3.05, 3.63) is 63.6 Å². The van der Waals surface area contributed by atoms with Gasteiger partial charge in [-0.05, 0) is 67.4 Å². The van der Waals surface area contributed by atoms with Crippen molar-refractivity contribution < 1.29 is 9.53 Å². The summed E-state index contributed by atoms with van der Waals surface area (Å²) in [6.07, 6.45) is 2.51. The van der Waals surface area contributed by atoms with Gasteiger partial charge in [0.25, 0.3) is 5.91 Å². The highest BCUT2D eigenvalue weighted by Gasteiger charge is 2.29. The first-order chi connectivity index (χ1) is 10.9. The van der Waals surface area contributed by atoms with Gasteiger partial charge in [-0.15, -0.1) is 0 Å². The summed E-state index contributed by atoms with van der Waals surface area (Å²) < 4.78 is 6.77. The van der Waals surface area contributed by atoms with Crippen molar-refractivity contribution in [3.8, 4) is 5.75 Å². The number of nitrogens with zero attached hydrogens (tertiary/aromatic N) is 1. The van der Waals surface area contributed by atoms with Gasteiger partial charge in [-0.1, -0.05) is 15.9 Å². The Bertz CT molecular complexity index is 767. The molecule has 1 aliphatic heterocycles. The van der Waals surface area contributed by atoms with E-state index in [1.807, 2.05) is 30.3 Å². The minimum Gasteiger partial charge on any atom is -0.487 e. The van der Waals surface area contributed by atoms with E-state index in [2.05, 4.69) is 40.3 Å². The lowest BCUT2D eigenvalue weighted by Crippen LogP contribution is -2.24. The standard InChI is InChI=1S/C18H17BrN2O2/c1-18(2)10-14-9-12(3-8-16(14)23-18)11-20-21-17(22)13-4-6-15(19)7-5-13/h3-9,11H,10H2,1-2H3,(H,21,22)/b20-11+. The molecule has 0 saturated carbocycles. The Hall–Kier alpha value is -2.14. The van der Waals surface area contributed by atoms with Crippen molar-refractivity contribution >= 4 is 28.1 Å². The van der Waals surface area contributed by atoms with Gasteiger partial charge in [0, 0.05) is 16.5 Å². The number of ether oxygens (including phenoxy) is 1. The van der Waals surface area contributed by atoms with Gasteiger partial charge in [-0.2, -0.15) is 5.10 Å². The van der Waals surface area contributed by atoms with E-state index in [1.54, 1.807) is 18.3 Å². The third-order valence-electron chi connectivity index (χ3n) is 3.57. The van der Waals surface area contributed by atoms with Crippen molar-refractivity contribution in [2.75, 3.05) is 0 Å². The molecule has 23 heavy (non-hydrogen) atoms. The zero-order valence-electron chi connectivity index (χ0n) is 13.0. The van der Waals surface area contributed by atoms with Crippen molar-refractivity contribution in [2.24, 2.45) is 5.10 Å². The van der Waals surface area contributed by atoms with Crippen molar-refractivity contribution in [1.29, 1.82) is 0 Å². The summed E-state index contributed by atoms with van der Waals surface area (Å²) in [6.45, 7) is 4.14. The molecule has 0 atom stereocenters. The molecule has 0 bridgehead atoms. The van der Waals surface area contributed by atoms with Crippen molar-refractivity contribution in [3.63, 3.8) is 0 Å². The normalized spacial score (nSPS) is 15.3. The zero-order valence-corrected chi connectivity index (χ0v) is 14.6. The highest BCUT2D eigenvalue weighted by atomic mass is 79.9. The molecule has 2 aromatic rings. The average molecular weight is 373 g/mol. The van der Waals surface area contributed by atoms with Crippen LogP contribution in [0.2, 0.25) is 0 Å². The summed E-state index contributed by atoms with van der Waals surface area (Å²) in [6, 6.07) is 13.0. The Balaban J connectivity index is 1.65. The van der Waals surface area contributed by atoms with Crippen LogP contribution in [0.1, 0.15) is 35.3 Å². The number of rotatable bonds is 3. The maximum Gasteiger partial charge on any atom is 0.271 e. The maximum absolute atomic E-state index is 12.0. The number of hydrazone groups is 1. The van der Waals surface area contributed by atoms with Crippen LogP contribution in [-0.2, 0) is 6.42 Å². The lowest BCUT2D eigenvalue weighted by Gasteiger charge is -2.16. The van der Waals surface area contributed by atoms with E-state index in [1.165, 1.54) is 0 Å². The largest absolute Gasteiger partial charge is 0.487 e. The second kappa shape index (κ2) is 6.16. The van der Waals surface area contributed by atoms with Gasteiger partial charge >= 0.3 is 0 Å². The van der Waals surface area contributed by atoms with E-state index in [0.717, 1.165) is 27.8 Å². The molecule has 0 saturated heterocycles. The van der Waals surface area contributed by atoms with Crippen molar-refractivity contribution in [2.45, 2.75) is 25.9 Å². The summed E-state index contributed by atoms with van der Waals surface area (Å²) >= 11 is 3.34. The number of nitrogens with one attached hydrogen (secondary N) is 1. The predicted octanol–water partition coefficient (Wildman–Crippen LogP) is 3.93. The van der Waals surface area contributed by atoms with Gasteiger partial charge in [0.2, 0.25) is 0 Å². The van der Waals surface area contributed by atoms with Crippen LogP contribution in [0.3, 0.4) is 0 Å². The minimum absolute atomic E-state index is 0.159. The van der Waals surface area contributed by atoms with E-state index in [-0.39, 0.29) is 11.5 Å². The van der Waals surface area contributed by atoms with Crippen LogP contribution in [0.15, 0.2) is 52.0 Å². The molecule has 1 aliphatic rings. The maximum atomic E-state index is 12.0. The van der Waals surface area contributed by atoms with Crippen LogP contribution in [0, 0.1) is 0 Å². The second-order valence-corrected chi connectivity index (χ2v) is 7.03. The van der Waals surface area contributed by atoms with Crippen LogP contribution < -0.4 is 10.2 Å². The summed E-state index contributed by atoms with van der Waals surface area (Å²) in [5.41, 5.74) is 5.04. The molecule has 5 heteroatoms. The minimum atomic E-state index is -0.237. The molecule has 0 aliphatic carbocycles. The number of carbonyl (C=O) groups is 1. The molecule has 0 radical (unpaired) electrons. The monoisotopic (exact) mass is 372 g/mol. The first-order valence-corrected chi connectivity index (χ1v) is 8.13. The molecular formula is C18H17BrN2O2. The summed E-state index contributed by atoms with van der Waals surface area (Å²) in [4.78, 5) is 12.0. The Morgan fingerprint density at radius 1 is 1.26 bits per heavy atom. The van der Waals surface area contributed by atoms with E-state index in [9.17, 15) is 4.79 Å². The van der Waals surface area contributed by atoms with Gasteiger partial charge in [-0.25, -0.2) is 5.43 Å². The third kappa shape index (κ3) is 3.79. The zero-order chi connectivity index (χ0) is 16.4. The van der Waals surface area contributed by atoms with Gasteiger partial charge in [0.05, 0.1) is 6.21 Å². The average Bonchev–Trinajstić information content (AvgIpc) is 2.81. The number of hydrogen-bond acceptors (Lipinski definition) is 3. The second-order valence-electron chi connectivity index (χ2n) is 6.11. The summed E-state index contributed by atoms with van der Waals surface area (Å²) in [5, 5.41) is 4.03. The molecule has 1 N–H and O–H groups in total. The number of fused-ring (bicyclic) bond motifs is 1. The van der Waals surface area contributed by atoms with Gasteiger partial charge in [0.15, 0.2) is 0 Å². The number of halogens is 1. The lowest BCUT2D eigenvalue weighted by atomic mass is 10.0. The van der Waals surface area contributed by atoms with Crippen LogP contribution in [0.5, 0.6) is 5.75 Å². The van der Waals surface area contributed by atoms with Crippen molar-refractivity contribution in [1.82, 2.24) is 5.43 Å². The number of hydrogen-bond donors (Lipinski definition) is 1. The predicted molar refractivity (Wildman–Crippen MR) is 94.1 cm³/mol. The molecular weight excluding hydrogens is 356 g/mol.